The van der Waals surface area contributed by atoms with E-state index in [1.165, 1.54) is 0 Å². The van der Waals surface area contributed by atoms with Gasteiger partial charge < -0.3 is 33.2 Å². The van der Waals surface area contributed by atoms with Crippen LogP contribution < -0.4 is 0 Å². The molecule has 2 aliphatic rings. The molecule has 0 bridgehead atoms. The number of ether oxygens (including phenoxy) is 2. The molecule has 0 radical (unpaired) electrons. The van der Waals surface area contributed by atoms with Crippen molar-refractivity contribution in [2.24, 2.45) is 0 Å². The third kappa shape index (κ3) is 8.41. The van der Waals surface area contributed by atoms with Crippen molar-refractivity contribution in [3.8, 4) is 11.3 Å². The summed E-state index contributed by atoms with van der Waals surface area (Å²) in [6.07, 6.45) is 4.48. The van der Waals surface area contributed by atoms with E-state index in [2.05, 4.69) is 23.6 Å². The second-order valence-electron chi connectivity index (χ2n) is 14.4. The Morgan fingerprint density at radius 3 is 2.40 bits per heavy atom. The number of benzene rings is 2. The second kappa shape index (κ2) is 15.9. The largest absolute Gasteiger partial charge is 0.460 e. The van der Waals surface area contributed by atoms with Crippen LogP contribution in [-0.4, -0.2) is 86.6 Å². The second-order valence-corrected chi connectivity index (χ2v) is 14.4. The molecule has 2 saturated heterocycles. The van der Waals surface area contributed by atoms with Gasteiger partial charge in [0.25, 0.3) is 0 Å². The molecule has 4 aromatic rings. The van der Waals surface area contributed by atoms with Gasteiger partial charge in [-0.05, 0) is 71.1 Å². The maximum Gasteiger partial charge on any atom is 0.410 e. The van der Waals surface area contributed by atoms with Gasteiger partial charge in [-0.15, -0.1) is 0 Å². The lowest BCUT2D eigenvalue weighted by Gasteiger charge is -2.43. The Bertz CT molecular complexity index is 1860. The monoisotopic (exact) mass is 707 g/mol. The number of esters is 1. The molecule has 2 amide bonds. The zero-order chi connectivity index (χ0) is 36.8. The molecule has 2 aromatic carbocycles. The number of hydrogen-bond acceptors (Lipinski definition) is 8. The lowest BCUT2D eigenvalue weighted by molar-refractivity contribution is -0.135. The fourth-order valence-electron chi connectivity index (χ4n) is 7.05. The smallest absolute Gasteiger partial charge is 0.410 e. The summed E-state index contributed by atoms with van der Waals surface area (Å²) >= 11 is 0. The van der Waals surface area contributed by atoms with Gasteiger partial charge in [0.1, 0.15) is 23.1 Å². The molecule has 0 N–H and O–H groups in total. The molecule has 11 heteroatoms. The maximum absolute atomic E-state index is 14.4. The van der Waals surface area contributed by atoms with E-state index in [-0.39, 0.29) is 37.0 Å². The van der Waals surface area contributed by atoms with E-state index >= 15 is 0 Å². The van der Waals surface area contributed by atoms with Gasteiger partial charge >= 0.3 is 12.1 Å². The SMILES string of the molecule is C=C(c1ncn(C2CCCCN(Cc3ccc(C(=O)OCC)o3)C2=O)c1-c1ccccc1)N1CCN(C(=O)OC(C)(C)C)C[C@H]1Cc1ccccc1. The van der Waals surface area contributed by atoms with Crippen LogP contribution in [0, 0.1) is 0 Å². The maximum atomic E-state index is 14.4. The number of likely N-dealkylation sites (tertiary alicyclic amines) is 1. The quantitative estimate of drug-likeness (QED) is 0.159. The van der Waals surface area contributed by atoms with Crippen LogP contribution in [0.4, 0.5) is 4.79 Å². The highest BCUT2D eigenvalue weighted by Crippen LogP contribution is 2.36. The van der Waals surface area contributed by atoms with E-state index in [1.54, 1.807) is 35.2 Å². The molecule has 0 spiro atoms. The third-order valence-electron chi connectivity index (χ3n) is 9.48. The van der Waals surface area contributed by atoms with Gasteiger partial charge in [0.2, 0.25) is 11.7 Å². The summed E-state index contributed by atoms with van der Waals surface area (Å²) in [4.78, 5) is 50.6. The normalized spacial score (nSPS) is 18.2. The summed E-state index contributed by atoms with van der Waals surface area (Å²) in [5.41, 5.74) is 3.74. The van der Waals surface area contributed by atoms with Gasteiger partial charge in [-0.3, -0.25) is 4.79 Å². The number of aromatic nitrogens is 2. The predicted molar refractivity (Wildman–Crippen MR) is 198 cm³/mol. The molecule has 4 heterocycles. The molecule has 2 aliphatic heterocycles. The number of imidazole rings is 1. The molecule has 2 atom stereocenters. The summed E-state index contributed by atoms with van der Waals surface area (Å²) in [7, 11) is 0. The van der Waals surface area contributed by atoms with Crippen molar-refractivity contribution in [2.75, 3.05) is 32.8 Å². The molecule has 11 nitrogen and oxygen atoms in total. The molecule has 0 saturated carbocycles. The Balaban J connectivity index is 1.31. The first-order chi connectivity index (χ1) is 25.0. The number of nitrogens with zero attached hydrogens (tertiary/aromatic N) is 5. The molecule has 0 aliphatic carbocycles. The van der Waals surface area contributed by atoms with Crippen molar-refractivity contribution in [3.05, 3.63) is 108 Å². The van der Waals surface area contributed by atoms with E-state index < -0.39 is 17.6 Å². The number of hydrogen-bond donors (Lipinski definition) is 0. The average Bonchev–Trinajstić information content (AvgIpc) is 3.74. The van der Waals surface area contributed by atoms with Crippen LogP contribution in [0.2, 0.25) is 0 Å². The van der Waals surface area contributed by atoms with Gasteiger partial charge in [-0.1, -0.05) is 67.2 Å². The molecular formula is C41H49N5O6. The Labute approximate surface area is 305 Å². The van der Waals surface area contributed by atoms with Crippen LogP contribution in [0.25, 0.3) is 17.0 Å². The minimum Gasteiger partial charge on any atom is -0.460 e. The summed E-state index contributed by atoms with van der Waals surface area (Å²) in [5, 5.41) is 0. The van der Waals surface area contributed by atoms with Crippen LogP contribution in [0.5, 0.6) is 0 Å². The van der Waals surface area contributed by atoms with Crippen LogP contribution >= 0.6 is 0 Å². The molecule has 1 unspecified atom stereocenters. The standard InChI is InChI=1S/C41H49N5O6/c1-6-50-39(48)35-21-20-33(51-35)27-43-22-14-13-19-34(38(43)47)46-28-42-36(37(46)31-17-11-8-12-18-31)29(2)45-24-23-44(40(49)52-41(3,4)5)26-32(45)25-30-15-9-7-10-16-30/h7-12,15-18,20-21,28,32,34H,2,6,13-14,19,22-27H2,1,3-5H3/t32-,34?/m1/s1. The summed E-state index contributed by atoms with van der Waals surface area (Å²) < 4.78 is 18.6. The molecule has 2 fully saturated rings. The summed E-state index contributed by atoms with van der Waals surface area (Å²) in [6.45, 7) is 14.5. The van der Waals surface area contributed by atoms with Gasteiger partial charge in [-0.25, -0.2) is 14.6 Å². The van der Waals surface area contributed by atoms with E-state index in [0.29, 0.717) is 50.5 Å². The Hall–Kier alpha value is -5.32. The highest BCUT2D eigenvalue weighted by molar-refractivity contribution is 5.86. The van der Waals surface area contributed by atoms with E-state index in [1.807, 2.05) is 73.9 Å². The van der Waals surface area contributed by atoms with Gasteiger partial charge in [0.15, 0.2) is 0 Å². The van der Waals surface area contributed by atoms with Crippen molar-refractivity contribution < 1.29 is 28.3 Å². The predicted octanol–water partition coefficient (Wildman–Crippen LogP) is 7.21. The van der Waals surface area contributed by atoms with Gasteiger partial charge in [0.05, 0.1) is 36.9 Å². The first-order valence-electron chi connectivity index (χ1n) is 18.2. The molecule has 52 heavy (non-hydrogen) atoms. The number of carbonyl (C=O) groups excluding carboxylic acids is 3. The van der Waals surface area contributed by atoms with Crippen LogP contribution in [0.1, 0.15) is 80.6 Å². The topological polar surface area (TPSA) is 110 Å². The molecular weight excluding hydrogens is 658 g/mol. The Kier molecular flexibility index (Phi) is 11.2. The summed E-state index contributed by atoms with van der Waals surface area (Å²) in [6, 6.07) is 23.0. The molecule has 274 valence electrons. The Morgan fingerprint density at radius 1 is 0.962 bits per heavy atom. The molecule has 6 rings (SSSR count). The van der Waals surface area contributed by atoms with Gasteiger partial charge in [-0.2, -0.15) is 0 Å². The fraction of sp³-hybridized carbons (Fsp3) is 0.415. The van der Waals surface area contributed by atoms with Crippen molar-refractivity contribution >= 4 is 23.7 Å². The number of amides is 2. The van der Waals surface area contributed by atoms with Crippen molar-refractivity contribution in [2.45, 2.75) is 77.6 Å². The van der Waals surface area contributed by atoms with Crippen molar-refractivity contribution in [3.63, 3.8) is 0 Å². The lowest BCUT2D eigenvalue weighted by Crippen LogP contribution is -2.55. The van der Waals surface area contributed by atoms with Crippen LogP contribution in [0.15, 0.2) is 90.1 Å². The number of furan rings is 1. The minimum atomic E-state index is -0.599. The average molecular weight is 708 g/mol. The zero-order valence-electron chi connectivity index (χ0n) is 30.6. The number of piperazine rings is 1. The minimum absolute atomic E-state index is 0.0359. The van der Waals surface area contributed by atoms with E-state index in [0.717, 1.165) is 35.4 Å². The summed E-state index contributed by atoms with van der Waals surface area (Å²) in [5.74, 6) is 0.0864. The fourth-order valence-corrected chi connectivity index (χ4v) is 7.05. The van der Waals surface area contributed by atoms with Crippen LogP contribution in [-0.2, 0) is 27.2 Å². The van der Waals surface area contributed by atoms with Gasteiger partial charge in [0, 0.05) is 31.7 Å². The lowest BCUT2D eigenvalue weighted by atomic mass is 9.99. The number of rotatable bonds is 10. The first-order valence-corrected chi connectivity index (χ1v) is 18.2. The first kappa shape index (κ1) is 36.5. The van der Waals surface area contributed by atoms with Crippen molar-refractivity contribution in [1.82, 2.24) is 24.3 Å². The Morgan fingerprint density at radius 2 is 1.69 bits per heavy atom. The van der Waals surface area contributed by atoms with Crippen LogP contribution in [0.3, 0.4) is 0 Å². The highest BCUT2D eigenvalue weighted by atomic mass is 16.6. The molecule has 2 aromatic heterocycles. The van der Waals surface area contributed by atoms with E-state index in [9.17, 15) is 14.4 Å². The van der Waals surface area contributed by atoms with Crippen molar-refractivity contribution in [1.29, 1.82) is 0 Å². The number of carbonyl (C=O) groups is 3. The third-order valence-corrected chi connectivity index (χ3v) is 9.48. The highest BCUT2D eigenvalue weighted by Gasteiger charge is 2.36. The zero-order valence-corrected chi connectivity index (χ0v) is 30.6. The van der Waals surface area contributed by atoms with E-state index in [4.69, 9.17) is 18.9 Å².